The van der Waals surface area contributed by atoms with Crippen molar-refractivity contribution in [2.45, 2.75) is 33.0 Å². The summed E-state index contributed by atoms with van der Waals surface area (Å²) in [5.41, 5.74) is 2.56. The SMILES string of the molecule is CCn1ccc(CNC(C)c2cccc(OC)c2)c1. The summed E-state index contributed by atoms with van der Waals surface area (Å²) in [6.07, 6.45) is 4.30. The third kappa shape index (κ3) is 3.61. The van der Waals surface area contributed by atoms with Gasteiger partial charge in [0.1, 0.15) is 5.75 Å². The number of aromatic nitrogens is 1. The molecule has 3 nitrogen and oxygen atoms in total. The molecule has 1 unspecified atom stereocenters. The van der Waals surface area contributed by atoms with Crippen molar-refractivity contribution >= 4 is 0 Å². The van der Waals surface area contributed by atoms with E-state index in [1.54, 1.807) is 7.11 Å². The molecule has 1 aromatic heterocycles. The van der Waals surface area contributed by atoms with Crippen molar-refractivity contribution in [2.75, 3.05) is 7.11 Å². The van der Waals surface area contributed by atoms with Crippen LogP contribution in [0.4, 0.5) is 0 Å². The number of hydrogen-bond acceptors (Lipinski definition) is 2. The van der Waals surface area contributed by atoms with Crippen LogP contribution in [0.15, 0.2) is 42.7 Å². The van der Waals surface area contributed by atoms with Crippen molar-refractivity contribution < 1.29 is 4.74 Å². The number of rotatable bonds is 6. The molecule has 0 aliphatic heterocycles. The van der Waals surface area contributed by atoms with Crippen LogP contribution in [0.3, 0.4) is 0 Å². The van der Waals surface area contributed by atoms with E-state index in [0.29, 0.717) is 6.04 Å². The Bertz CT molecular complexity index is 519. The molecule has 0 amide bonds. The van der Waals surface area contributed by atoms with Crippen molar-refractivity contribution in [3.8, 4) is 5.75 Å². The first-order chi connectivity index (χ1) is 9.22. The van der Waals surface area contributed by atoms with E-state index in [0.717, 1.165) is 18.8 Å². The summed E-state index contributed by atoms with van der Waals surface area (Å²) in [6, 6.07) is 10.7. The Labute approximate surface area is 115 Å². The standard InChI is InChI=1S/C16H22N2O/c1-4-18-9-8-14(12-18)11-17-13(2)15-6-5-7-16(10-15)19-3/h5-10,12-13,17H,4,11H2,1-3H3. The Kier molecular flexibility index (Phi) is 4.63. The molecule has 0 saturated carbocycles. The summed E-state index contributed by atoms with van der Waals surface area (Å²) in [7, 11) is 1.70. The molecule has 0 spiro atoms. The fourth-order valence-electron chi connectivity index (χ4n) is 2.09. The average molecular weight is 258 g/mol. The first kappa shape index (κ1) is 13.7. The highest BCUT2D eigenvalue weighted by Crippen LogP contribution is 2.19. The van der Waals surface area contributed by atoms with E-state index in [1.807, 2.05) is 12.1 Å². The zero-order valence-corrected chi connectivity index (χ0v) is 11.9. The smallest absolute Gasteiger partial charge is 0.119 e. The summed E-state index contributed by atoms with van der Waals surface area (Å²) in [4.78, 5) is 0. The van der Waals surface area contributed by atoms with Crippen LogP contribution in [0.1, 0.15) is 31.0 Å². The number of hydrogen-bond donors (Lipinski definition) is 1. The van der Waals surface area contributed by atoms with Crippen molar-refractivity contribution in [1.82, 2.24) is 9.88 Å². The molecule has 1 atom stereocenters. The minimum absolute atomic E-state index is 0.306. The van der Waals surface area contributed by atoms with Gasteiger partial charge in [0.05, 0.1) is 7.11 Å². The third-order valence-corrected chi connectivity index (χ3v) is 3.38. The summed E-state index contributed by atoms with van der Waals surface area (Å²) < 4.78 is 7.44. The van der Waals surface area contributed by atoms with Gasteiger partial charge in [-0.15, -0.1) is 0 Å². The second-order valence-corrected chi connectivity index (χ2v) is 4.73. The van der Waals surface area contributed by atoms with Crippen LogP contribution in [0, 0.1) is 0 Å². The zero-order valence-electron chi connectivity index (χ0n) is 11.9. The van der Waals surface area contributed by atoms with E-state index >= 15 is 0 Å². The minimum Gasteiger partial charge on any atom is -0.497 e. The van der Waals surface area contributed by atoms with Gasteiger partial charge in [-0.3, -0.25) is 0 Å². The van der Waals surface area contributed by atoms with E-state index in [2.05, 4.69) is 54.3 Å². The summed E-state index contributed by atoms with van der Waals surface area (Å²) in [6.45, 7) is 6.22. The van der Waals surface area contributed by atoms with Gasteiger partial charge in [-0.05, 0) is 43.2 Å². The first-order valence-corrected chi connectivity index (χ1v) is 6.75. The second kappa shape index (κ2) is 6.43. The molecule has 19 heavy (non-hydrogen) atoms. The molecular formula is C16H22N2O. The Hall–Kier alpha value is -1.74. The molecule has 1 heterocycles. The molecule has 0 bridgehead atoms. The van der Waals surface area contributed by atoms with Crippen molar-refractivity contribution in [3.05, 3.63) is 53.9 Å². The quantitative estimate of drug-likeness (QED) is 0.859. The fourth-order valence-corrected chi connectivity index (χ4v) is 2.09. The van der Waals surface area contributed by atoms with E-state index in [9.17, 15) is 0 Å². The van der Waals surface area contributed by atoms with E-state index in [4.69, 9.17) is 4.74 Å². The number of ether oxygens (including phenoxy) is 1. The highest BCUT2D eigenvalue weighted by atomic mass is 16.5. The topological polar surface area (TPSA) is 26.2 Å². The number of nitrogens with zero attached hydrogens (tertiary/aromatic N) is 1. The van der Waals surface area contributed by atoms with Gasteiger partial charge in [-0.2, -0.15) is 0 Å². The van der Waals surface area contributed by atoms with Gasteiger partial charge in [-0.1, -0.05) is 12.1 Å². The molecule has 0 aliphatic rings. The lowest BCUT2D eigenvalue weighted by Gasteiger charge is -2.14. The van der Waals surface area contributed by atoms with Gasteiger partial charge in [0.25, 0.3) is 0 Å². The van der Waals surface area contributed by atoms with Gasteiger partial charge >= 0.3 is 0 Å². The Morgan fingerprint density at radius 2 is 2.16 bits per heavy atom. The molecule has 0 radical (unpaired) electrons. The van der Waals surface area contributed by atoms with Crippen LogP contribution in [0.2, 0.25) is 0 Å². The molecule has 3 heteroatoms. The molecule has 102 valence electrons. The Balaban J connectivity index is 1.94. The predicted molar refractivity (Wildman–Crippen MR) is 78.4 cm³/mol. The second-order valence-electron chi connectivity index (χ2n) is 4.73. The fraction of sp³-hybridized carbons (Fsp3) is 0.375. The molecular weight excluding hydrogens is 236 g/mol. The van der Waals surface area contributed by atoms with Gasteiger partial charge in [0, 0.05) is 31.5 Å². The monoisotopic (exact) mass is 258 g/mol. The lowest BCUT2D eigenvalue weighted by atomic mass is 10.1. The lowest BCUT2D eigenvalue weighted by molar-refractivity contribution is 0.413. The van der Waals surface area contributed by atoms with Crippen molar-refractivity contribution in [2.24, 2.45) is 0 Å². The molecule has 2 aromatic rings. The van der Waals surface area contributed by atoms with Gasteiger partial charge in [-0.25, -0.2) is 0 Å². The number of nitrogens with one attached hydrogen (secondary N) is 1. The van der Waals surface area contributed by atoms with Crippen LogP contribution in [0.5, 0.6) is 5.75 Å². The lowest BCUT2D eigenvalue weighted by Crippen LogP contribution is -2.17. The molecule has 0 fully saturated rings. The van der Waals surface area contributed by atoms with Crippen molar-refractivity contribution in [1.29, 1.82) is 0 Å². The molecule has 2 rings (SSSR count). The number of aryl methyl sites for hydroxylation is 1. The van der Waals surface area contributed by atoms with E-state index in [1.165, 1.54) is 11.1 Å². The van der Waals surface area contributed by atoms with Gasteiger partial charge in [0.15, 0.2) is 0 Å². The van der Waals surface area contributed by atoms with E-state index < -0.39 is 0 Å². The summed E-state index contributed by atoms with van der Waals surface area (Å²) in [5.74, 6) is 0.906. The average Bonchev–Trinajstić information content (AvgIpc) is 2.93. The minimum atomic E-state index is 0.306. The van der Waals surface area contributed by atoms with Crippen LogP contribution in [0.25, 0.3) is 0 Å². The van der Waals surface area contributed by atoms with Crippen LogP contribution >= 0.6 is 0 Å². The van der Waals surface area contributed by atoms with Crippen LogP contribution in [-0.4, -0.2) is 11.7 Å². The predicted octanol–water partition coefficient (Wildman–Crippen LogP) is 3.37. The Morgan fingerprint density at radius 3 is 2.84 bits per heavy atom. The highest BCUT2D eigenvalue weighted by Gasteiger charge is 2.06. The molecule has 0 aliphatic carbocycles. The highest BCUT2D eigenvalue weighted by molar-refractivity contribution is 5.30. The normalized spacial score (nSPS) is 12.4. The molecule has 0 saturated heterocycles. The zero-order chi connectivity index (χ0) is 13.7. The first-order valence-electron chi connectivity index (χ1n) is 6.75. The maximum Gasteiger partial charge on any atom is 0.119 e. The molecule has 1 N–H and O–H groups in total. The number of methoxy groups -OCH3 is 1. The maximum atomic E-state index is 5.25. The van der Waals surface area contributed by atoms with E-state index in [-0.39, 0.29) is 0 Å². The molecule has 1 aromatic carbocycles. The van der Waals surface area contributed by atoms with Gasteiger partial charge < -0.3 is 14.6 Å². The van der Waals surface area contributed by atoms with Crippen LogP contribution in [-0.2, 0) is 13.1 Å². The maximum absolute atomic E-state index is 5.25. The largest absolute Gasteiger partial charge is 0.497 e. The van der Waals surface area contributed by atoms with Crippen molar-refractivity contribution in [3.63, 3.8) is 0 Å². The third-order valence-electron chi connectivity index (χ3n) is 3.38. The summed E-state index contributed by atoms with van der Waals surface area (Å²) >= 11 is 0. The van der Waals surface area contributed by atoms with Crippen LogP contribution < -0.4 is 10.1 Å². The number of benzene rings is 1. The summed E-state index contributed by atoms with van der Waals surface area (Å²) in [5, 5.41) is 3.54. The Morgan fingerprint density at radius 1 is 1.32 bits per heavy atom. The van der Waals surface area contributed by atoms with Gasteiger partial charge in [0.2, 0.25) is 0 Å².